The first-order valence-electron chi connectivity index (χ1n) is 12.7. The number of thiazole rings is 1. The number of hydrogen-bond donors (Lipinski definition) is 0. The molecule has 1 fully saturated rings. The van der Waals surface area contributed by atoms with E-state index in [0.29, 0.717) is 39.1 Å². The summed E-state index contributed by atoms with van der Waals surface area (Å²) in [5, 5.41) is 2.20. The van der Waals surface area contributed by atoms with Crippen LogP contribution in [-0.4, -0.2) is 63.1 Å². The number of allylic oxidation sites excluding steroid dienone is 3. The van der Waals surface area contributed by atoms with Crippen LogP contribution in [0.15, 0.2) is 59.0 Å². The maximum Gasteiger partial charge on any atom is 0.305 e. The molecule has 9 heteroatoms. The van der Waals surface area contributed by atoms with Crippen molar-refractivity contribution >= 4 is 51.1 Å². The first-order chi connectivity index (χ1) is 17.9. The van der Waals surface area contributed by atoms with Gasteiger partial charge in [-0.1, -0.05) is 30.4 Å². The summed E-state index contributed by atoms with van der Waals surface area (Å²) < 4.78 is 6.17. The molecule has 2 amide bonds. The fraction of sp³-hybridized carbons (Fsp3) is 0.429. The number of rotatable bonds is 9. The third-order valence-electron chi connectivity index (χ3n) is 7.34. The highest BCUT2D eigenvalue weighted by atomic mass is 32.2. The number of fused-ring (bicyclic) bond motifs is 2. The number of likely N-dealkylation sites (tertiary alicyclic amines) is 1. The number of amides is 2. The molecule has 3 unspecified atom stereocenters. The van der Waals surface area contributed by atoms with E-state index < -0.39 is 5.54 Å². The molecule has 3 aliphatic rings. The summed E-state index contributed by atoms with van der Waals surface area (Å²) in [4.78, 5) is 47.5. The Morgan fingerprint density at radius 1 is 1.24 bits per heavy atom. The molecule has 0 N–H and O–H groups in total. The van der Waals surface area contributed by atoms with Crippen molar-refractivity contribution in [1.82, 2.24) is 14.8 Å². The van der Waals surface area contributed by atoms with Gasteiger partial charge < -0.3 is 14.5 Å². The second-order valence-electron chi connectivity index (χ2n) is 9.74. The third-order valence-corrected chi connectivity index (χ3v) is 9.30. The first kappa shape index (κ1) is 25.7. The lowest BCUT2D eigenvalue weighted by atomic mass is 9.82. The van der Waals surface area contributed by atoms with Gasteiger partial charge in [0, 0.05) is 42.8 Å². The van der Waals surface area contributed by atoms with Gasteiger partial charge in [0.25, 0.3) is 5.91 Å². The molecule has 2 aromatic rings. The van der Waals surface area contributed by atoms with Gasteiger partial charge in [0.1, 0.15) is 5.54 Å². The normalized spacial score (nSPS) is 23.9. The molecule has 5 rings (SSSR count). The quantitative estimate of drug-likeness (QED) is 0.432. The van der Waals surface area contributed by atoms with Gasteiger partial charge in [-0.15, -0.1) is 23.1 Å². The maximum absolute atomic E-state index is 14.0. The molecular weight excluding hydrogens is 506 g/mol. The largest absolute Gasteiger partial charge is 0.466 e. The van der Waals surface area contributed by atoms with E-state index in [2.05, 4.69) is 17.1 Å². The minimum Gasteiger partial charge on any atom is -0.466 e. The molecule has 0 bridgehead atoms. The van der Waals surface area contributed by atoms with Crippen LogP contribution in [0.3, 0.4) is 0 Å². The number of hydrogen-bond acceptors (Lipinski definition) is 7. The summed E-state index contributed by atoms with van der Waals surface area (Å²) >= 11 is 3.24. The summed E-state index contributed by atoms with van der Waals surface area (Å²) in [6.07, 6.45) is 9.55. The fourth-order valence-electron chi connectivity index (χ4n) is 5.15. The predicted octanol–water partition coefficient (Wildman–Crippen LogP) is 4.70. The van der Waals surface area contributed by atoms with E-state index in [1.807, 2.05) is 48.2 Å². The number of ether oxygens (including phenoxy) is 1. The number of nitrogens with zero attached hydrogens (tertiary/aromatic N) is 3. The minimum atomic E-state index is -0.913. The van der Waals surface area contributed by atoms with Gasteiger partial charge in [0.2, 0.25) is 5.91 Å². The van der Waals surface area contributed by atoms with Gasteiger partial charge in [-0.05, 0) is 49.8 Å². The van der Waals surface area contributed by atoms with Crippen LogP contribution in [0.5, 0.6) is 0 Å². The number of thioether (sulfide) groups is 1. The van der Waals surface area contributed by atoms with Crippen LogP contribution in [0.4, 0.5) is 0 Å². The molecule has 37 heavy (non-hydrogen) atoms. The van der Waals surface area contributed by atoms with Crippen molar-refractivity contribution in [2.24, 2.45) is 5.92 Å². The van der Waals surface area contributed by atoms with Crippen molar-refractivity contribution in [3.05, 3.63) is 64.6 Å². The molecule has 1 aromatic heterocycles. The minimum absolute atomic E-state index is 0.0490. The summed E-state index contributed by atoms with van der Waals surface area (Å²) in [5.74, 6) is -0.359. The lowest BCUT2D eigenvalue weighted by molar-refractivity contribution is -0.162. The van der Waals surface area contributed by atoms with Crippen molar-refractivity contribution in [1.29, 1.82) is 0 Å². The van der Waals surface area contributed by atoms with E-state index in [0.717, 1.165) is 21.4 Å². The monoisotopic (exact) mass is 537 g/mol. The van der Waals surface area contributed by atoms with E-state index in [1.54, 1.807) is 39.8 Å². The Balaban J connectivity index is 1.33. The van der Waals surface area contributed by atoms with E-state index in [1.165, 1.54) is 0 Å². The molecule has 3 atom stereocenters. The van der Waals surface area contributed by atoms with Crippen LogP contribution in [0.1, 0.15) is 38.7 Å². The highest BCUT2D eigenvalue weighted by molar-refractivity contribution is 8.03. The Morgan fingerprint density at radius 2 is 2.08 bits per heavy atom. The SMILES string of the molecule is CCOC(=O)CCCN(Cc1ccc2scnc2c1)C(=O)C1(C)CCN1C(=O)C1=CSC2C=CC=CC12. The first-order valence-corrected chi connectivity index (χ1v) is 14.5. The second-order valence-corrected chi connectivity index (χ2v) is 11.7. The molecule has 1 saturated heterocycles. The zero-order chi connectivity index (χ0) is 26.0. The molecule has 0 spiro atoms. The van der Waals surface area contributed by atoms with Crippen molar-refractivity contribution in [3.8, 4) is 0 Å². The van der Waals surface area contributed by atoms with Crippen LogP contribution >= 0.6 is 23.1 Å². The Labute approximate surface area is 225 Å². The summed E-state index contributed by atoms with van der Waals surface area (Å²) in [6, 6.07) is 6.05. The van der Waals surface area contributed by atoms with E-state index in [9.17, 15) is 14.4 Å². The molecule has 0 saturated carbocycles. The number of carbonyl (C=O) groups is 3. The molecule has 7 nitrogen and oxygen atoms in total. The molecule has 2 aliphatic heterocycles. The standard InChI is InChI=1S/C28H31N3O4S2/c1-3-35-25(32)9-6-13-30(16-19-10-11-24-22(15-19)29-18-37-24)27(34)28(2)12-14-31(28)26(33)21-17-36-23-8-5-4-7-20(21)23/h4-5,7-8,10-11,15,17-18,20,23H,3,6,9,12-14,16H2,1-2H3. The zero-order valence-electron chi connectivity index (χ0n) is 21.1. The maximum atomic E-state index is 14.0. The lowest BCUT2D eigenvalue weighted by Gasteiger charge is -2.51. The molecule has 3 heterocycles. The van der Waals surface area contributed by atoms with Gasteiger partial charge >= 0.3 is 5.97 Å². The second kappa shape index (κ2) is 10.8. The fourth-order valence-corrected chi connectivity index (χ4v) is 6.95. The molecular formula is C28H31N3O4S2. The number of carbonyl (C=O) groups excluding carboxylic acids is 3. The topological polar surface area (TPSA) is 79.8 Å². The van der Waals surface area contributed by atoms with Crippen molar-refractivity contribution < 1.29 is 19.1 Å². The Kier molecular flexibility index (Phi) is 7.53. The van der Waals surface area contributed by atoms with Gasteiger partial charge in [-0.2, -0.15) is 0 Å². The molecule has 0 radical (unpaired) electrons. The van der Waals surface area contributed by atoms with Crippen molar-refractivity contribution in [2.45, 2.75) is 50.4 Å². The molecule has 194 valence electrons. The van der Waals surface area contributed by atoms with Crippen molar-refractivity contribution in [2.75, 3.05) is 19.7 Å². The van der Waals surface area contributed by atoms with Crippen LogP contribution < -0.4 is 0 Å². The number of benzene rings is 1. The van der Waals surface area contributed by atoms with E-state index in [4.69, 9.17) is 4.74 Å². The third kappa shape index (κ3) is 5.11. The summed E-state index contributed by atoms with van der Waals surface area (Å²) in [5.41, 5.74) is 3.54. The average Bonchev–Trinajstić information content (AvgIpc) is 3.53. The van der Waals surface area contributed by atoms with Gasteiger partial charge in [0.05, 0.1) is 22.3 Å². The number of esters is 1. The van der Waals surface area contributed by atoms with Gasteiger partial charge in [0.15, 0.2) is 0 Å². The lowest BCUT2D eigenvalue weighted by Crippen LogP contribution is -2.68. The molecule has 1 aliphatic carbocycles. The Hall–Kier alpha value is -2.91. The molecule has 1 aromatic carbocycles. The highest BCUT2D eigenvalue weighted by Gasteiger charge is 2.52. The highest BCUT2D eigenvalue weighted by Crippen LogP contribution is 2.43. The zero-order valence-corrected chi connectivity index (χ0v) is 22.7. The smallest absolute Gasteiger partial charge is 0.305 e. The van der Waals surface area contributed by atoms with Gasteiger partial charge in [-0.25, -0.2) is 4.98 Å². The van der Waals surface area contributed by atoms with Crippen LogP contribution in [0.25, 0.3) is 10.2 Å². The summed E-state index contributed by atoms with van der Waals surface area (Å²) in [7, 11) is 0. The van der Waals surface area contributed by atoms with E-state index in [-0.39, 0.29) is 35.4 Å². The Morgan fingerprint density at radius 3 is 2.86 bits per heavy atom. The van der Waals surface area contributed by atoms with Crippen molar-refractivity contribution in [3.63, 3.8) is 0 Å². The van der Waals surface area contributed by atoms with Gasteiger partial charge in [-0.3, -0.25) is 14.4 Å². The number of aromatic nitrogens is 1. The summed E-state index contributed by atoms with van der Waals surface area (Å²) in [6.45, 7) is 5.35. The van der Waals surface area contributed by atoms with Crippen LogP contribution in [0, 0.1) is 5.92 Å². The predicted molar refractivity (Wildman–Crippen MR) is 147 cm³/mol. The van der Waals surface area contributed by atoms with Crippen LogP contribution in [0.2, 0.25) is 0 Å². The van der Waals surface area contributed by atoms with E-state index >= 15 is 0 Å². The average molecular weight is 538 g/mol. The Bertz CT molecular complexity index is 1300. The van der Waals surface area contributed by atoms with Crippen LogP contribution in [-0.2, 0) is 25.7 Å².